The average Bonchev–Trinajstić information content (AvgIpc) is 2.89. The molecule has 0 aromatic heterocycles. The molecule has 0 N–H and O–H groups in total. The predicted molar refractivity (Wildman–Crippen MR) is 92.1 cm³/mol. The van der Waals surface area contributed by atoms with Crippen molar-refractivity contribution in [3.8, 4) is 0 Å². The number of halogens is 4. The van der Waals surface area contributed by atoms with Crippen LogP contribution in [0.2, 0.25) is 0 Å². The number of ether oxygens (including phenoxy) is 2. The summed E-state index contributed by atoms with van der Waals surface area (Å²) in [5.74, 6) is -3.18. The van der Waals surface area contributed by atoms with Gasteiger partial charge in [0.15, 0.2) is 5.41 Å². The second-order valence-electron chi connectivity index (χ2n) is 7.79. The van der Waals surface area contributed by atoms with Crippen molar-refractivity contribution in [2.75, 3.05) is 7.11 Å². The lowest BCUT2D eigenvalue weighted by molar-refractivity contribution is -0.177. The zero-order valence-electron chi connectivity index (χ0n) is 16.3. The smallest absolute Gasteiger partial charge is 0.417 e. The van der Waals surface area contributed by atoms with Crippen LogP contribution in [0.5, 0.6) is 0 Å². The van der Waals surface area contributed by atoms with Gasteiger partial charge in [-0.15, -0.1) is 0 Å². The van der Waals surface area contributed by atoms with E-state index in [0.29, 0.717) is 0 Å². The highest BCUT2D eigenvalue weighted by atomic mass is 19.4. The third-order valence-corrected chi connectivity index (χ3v) is 4.44. The van der Waals surface area contributed by atoms with Crippen LogP contribution in [0.4, 0.5) is 22.4 Å². The summed E-state index contributed by atoms with van der Waals surface area (Å²) >= 11 is 0. The minimum Gasteiger partial charge on any atom is -0.468 e. The van der Waals surface area contributed by atoms with Crippen molar-refractivity contribution in [2.24, 2.45) is 5.41 Å². The number of carbonyl (C=O) groups excluding carboxylic acids is 3. The van der Waals surface area contributed by atoms with E-state index in [1.54, 1.807) is 0 Å². The van der Waals surface area contributed by atoms with Crippen LogP contribution in [-0.2, 0) is 25.5 Å². The third-order valence-electron chi connectivity index (χ3n) is 4.44. The number of benzene rings is 1. The summed E-state index contributed by atoms with van der Waals surface area (Å²) in [6, 6.07) is 2.02. The van der Waals surface area contributed by atoms with Gasteiger partial charge in [-0.3, -0.25) is 9.59 Å². The molecule has 1 aliphatic rings. The normalized spacial score (nSPS) is 22.6. The molecule has 1 saturated heterocycles. The van der Waals surface area contributed by atoms with Crippen molar-refractivity contribution in [3.63, 3.8) is 0 Å². The van der Waals surface area contributed by atoms with E-state index in [2.05, 4.69) is 4.74 Å². The van der Waals surface area contributed by atoms with E-state index in [0.717, 1.165) is 19.2 Å². The van der Waals surface area contributed by atoms with Gasteiger partial charge in [-0.2, -0.15) is 13.2 Å². The molecule has 1 fully saturated rings. The molecule has 0 radical (unpaired) electrons. The fraction of sp³-hybridized carbons (Fsp3) is 0.526. The first-order valence-electron chi connectivity index (χ1n) is 8.67. The zero-order chi connectivity index (χ0) is 22.2. The summed E-state index contributed by atoms with van der Waals surface area (Å²) in [4.78, 5) is 37.9. The molecular formula is C19H21F4NO5. The summed E-state index contributed by atoms with van der Waals surface area (Å²) < 4.78 is 63.8. The topological polar surface area (TPSA) is 72.9 Å². The lowest BCUT2D eigenvalue weighted by Gasteiger charge is -2.28. The number of likely N-dealkylation sites (tertiary alicyclic amines) is 1. The Morgan fingerprint density at radius 2 is 1.72 bits per heavy atom. The van der Waals surface area contributed by atoms with Crippen molar-refractivity contribution < 1.29 is 41.4 Å². The van der Waals surface area contributed by atoms with Crippen LogP contribution in [0.3, 0.4) is 0 Å². The molecule has 1 aromatic rings. The van der Waals surface area contributed by atoms with Crippen molar-refractivity contribution >= 4 is 18.0 Å². The number of rotatable bonds is 3. The number of hydrogen-bond donors (Lipinski definition) is 0. The molecule has 6 nitrogen and oxygen atoms in total. The van der Waals surface area contributed by atoms with Crippen molar-refractivity contribution in [3.05, 3.63) is 35.6 Å². The molecule has 0 saturated carbocycles. The van der Waals surface area contributed by atoms with Crippen molar-refractivity contribution in [1.82, 2.24) is 4.90 Å². The molecule has 2 atom stereocenters. The number of alkyl halides is 3. The van der Waals surface area contributed by atoms with Crippen LogP contribution in [0.15, 0.2) is 24.3 Å². The van der Waals surface area contributed by atoms with Crippen LogP contribution < -0.4 is 0 Å². The highest BCUT2D eigenvalue weighted by molar-refractivity contribution is 6.10. The maximum atomic E-state index is 13.7. The van der Waals surface area contributed by atoms with Gasteiger partial charge in [0.05, 0.1) is 7.11 Å². The maximum Gasteiger partial charge on any atom is 0.417 e. The Bertz CT molecular complexity index is 800. The highest BCUT2D eigenvalue weighted by Crippen LogP contribution is 2.46. The van der Waals surface area contributed by atoms with Crippen LogP contribution >= 0.6 is 0 Å². The molecule has 0 aliphatic carbocycles. The van der Waals surface area contributed by atoms with Gasteiger partial charge in [-0.05, 0) is 44.9 Å². The Morgan fingerprint density at radius 3 is 2.17 bits per heavy atom. The molecule has 2 amide bonds. The maximum absolute atomic E-state index is 13.7. The molecular weight excluding hydrogens is 398 g/mol. The molecule has 0 bridgehead atoms. The molecule has 29 heavy (non-hydrogen) atoms. The average molecular weight is 419 g/mol. The van der Waals surface area contributed by atoms with Crippen LogP contribution in [0.25, 0.3) is 0 Å². The fourth-order valence-corrected chi connectivity index (χ4v) is 3.20. The van der Waals surface area contributed by atoms with E-state index in [1.807, 2.05) is 0 Å². The Balaban J connectivity index is 2.53. The van der Waals surface area contributed by atoms with Gasteiger partial charge < -0.3 is 9.47 Å². The lowest BCUT2D eigenvalue weighted by atomic mass is 9.78. The van der Waals surface area contributed by atoms with Gasteiger partial charge in [-0.1, -0.05) is 12.1 Å². The monoisotopic (exact) mass is 419 g/mol. The standard InChI is InChI=1S/C19H21F4NO5/c1-17(2,3)29-16(27)24-13(19(21,22)23)10-18(14(24)25,15(26)28-4)9-11-5-7-12(20)8-6-11/h5-8,13H,9-10H2,1-4H3. The van der Waals surface area contributed by atoms with Gasteiger partial charge in [0.25, 0.3) is 0 Å². The Kier molecular flexibility index (Phi) is 5.97. The third kappa shape index (κ3) is 4.68. The first-order chi connectivity index (χ1) is 13.2. The number of hydrogen-bond acceptors (Lipinski definition) is 5. The van der Waals surface area contributed by atoms with E-state index in [-0.39, 0.29) is 10.5 Å². The van der Waals surface area contributed by atoms with E-state index < -0.39 is 59.9 Å². The first kappa shape index (κ1) is 22.6. The quantitative estimate of drug-likeness (QED) is 0.425. The minimum atomic E-state index is -4.99. The second-order valence-corrected chi connectivity index (χ2v) is 7.79. The van der Waals surface area contributed by atoms with E-state index >= 15 is 0 Å². The number of nitrogens with zero attached hydrogens (tertiary/aromatic N) is 1. The largest absolute Gasteiger partial charge is 0.468 e. The highest BCUT2D eigenvalue weighted by Gasteiger charge is 2.66. The van der Waals surface area contributed by atoms with Crippen molar-refractivity contribution in [1.29, 1.82) is 0 Å². The van der Waals surface area contributed by atoms with Gasteiger partial charge in [0.2, 0.25) is 5.91 Å². The summed E-state index contributed by atoms with van der Waals surface area (Å²) in [6.07, 6.45) is -8.02. The Hall–Kier alpha value is -2.65. The molecule has 1 aliphatic heterocycles. The Morgan fingerprint density at radius 1 is 1.17 bits per heavy atom. The number of amides is 2. The molecule has 0 spiro atoms. The van der Waals surface area contributed by atoms with Crippen LogP contribution in [0, 0.1) is 11.2 Å². The second kappa shape index (κ2) is 7.64. The number of carbonyl (C=O) groups is 3. The molecule has 2 rings (SSSR count). The van der Waals surface area contributed by atoms with Crippen LogP contribution in [-0.4, -0.2) is 47.8 Å². The molecule has 160 valence electrons. The van der Waals surface area contributed by atoms with E-state index in [1.165, 1.54) is 32.9 Å². The van der Waals surface area contributed by atoms with Gasteiger partial charge in [0, 0.05) is 6.42 Å². The van der Waals surface area contributed by atoms with Gasteiger partial charge in [0.1, 0.15) is 17.5 Å². The fourth-order valence-electron chi connectivity index (χ4n) is 3.20. The molecule has 1 heterocycles. The minimum absolute atomic E-state index is 0.0638. The molecule has 2 unspecified atom stereocenters. The zero-order valence-corrected chi connectivity index (χ0v) is 16.3. The molecule has 10 heteroatoms. The van der Waals surface area contributed by atoms with E-state index in [9.17, 15) is 31.9 Å². The predicted octanol–water partition coefficient (Wildman–Crippen LogP) is 3.63. The molecule has 1 aromatic carbocycles. The van der Waals surface area contributed by atoms with Crippen LogP contribution in [0.1, 0.15) is 32.8 Å². The first-order valence-corrected chi connectivity index (χ1v) is 8.67. The Labute approximate surface area is 164 Å². The van der Waals surface area contributed by atoms with E-state index in [4.69, 9.17) is 4.74 Å². The SMILES string of the molecule is COC(=O)C1(Cc2ccc(F)cc2)CC(C(F)(F)F)N(C(=O)OC(C)(C)C)C1=O. The van der Waals surface area contributed by atoms with Crippen molar-refractivity contribution in [2.45, 2.75) is 51.4 Å². The lowest BCUT2D eigenvalue weighted by Crippen LogP contribution is -2.50. The summed E-state index contributed by atoms with van der Waals surface area (Å²) in [5.41, 5.74) is -3.23. The summed E-state index contributed by atoms with van der Waals surface area (Å²) in [6.45, 7) is 4.29. The number of methoxy groups -OCH3 is 1. The number of esters is 1. The summed E-state index contributed by atoms with van der Waals surface area (Å²) in [7, 11) is 0.931. The summed E-state index contributed by atoms with van der Waals surface area (Å²) in [5, 5.41) is 0. The van der Waals surface area contributed by atoms with Gasteiger partial charge in [-0.25, -0.2) is 14.1 Å². The number of imide groups is 1. The van der Waals surface area contributed by atoms with Gasteiger partial charge >= 0.3 is 18.2 Å².